The van der Waals surface area contributed by atoms with Crippen LogP contribution in [0, 0.1) is 0 Å². The van der Waals surface area contributed by atoms with E-state index in [1.807, 2.05) is 6.92 Å². The molecular formula is C19H25NO5. The van der Waals surface area contributed by atoms with Crippen LogP contribution >= 0.6 is 0 Å². The fourth-order valence-electron chi connectivity index (χ4n) is 2.88. The van der Waals surface area contributed by atoms with Crippen molar-refractivity contribution in [2.24, 2.45) is 0 Å². The number of ether oxygens (including phenoxy) is 2. The van der Waals surface area contributed by atoms with E-state index in [4.69, 9.17) is 9.47 Å². The van der Waals surface area contributed by atoms with Crippen molar-refractivity contribution in [3.8, 4) is 5.75 Å². The van der Waals surface area contributed by atoms with Gasteiger partial charge in [0.05, 0.1) is 6.61 Å². The van der Waals surface area contributed by atoms with Crippen LogP contribution in [0.25, 0.3) is 0 Å². The van der Waals surface area contributed by atoms with Crippen molar-refractivity contribution in [2.45, 2.75) is 45.6 Å². The van der Waals surface area contributed by atoms with Crippen molar-refractivity contribution < 1.29 is 23.9 Å². The number of likely N-dealkylation sites (tertiary alicyclic amines) is 1. The Morgan fingerprint density at radius 1 is 1.12 bits per heavy atom. The Balaban J connectivity index is 1.93. The summed E-state index contributed by atoms with van der Waals surface area (Å²) in [7, 11) is 0. The molecule has 1 aromatic rings. The van der Waals surface area contributed by atoms with E-state index >= 15 is 0 Å². The zero-order chi connectivity index (χ0) is 18.2. The predicted molar refractivity (Wildman–Crippen MR) is 92.5 cm³/mol. The van der Waals surface area contributed by atoms with Crippen molar-refractivity contribution >= 4 is 17.7 Å². The molecule has 0 saturated carbocycles. The van der Waals surface area contributed by atoms with Crippen LogP contribution < -0.4 is 4.74 Å². The second kappa shape index (κ2) is 9.20. The monoisotopic (exact) mass is 347 g/mol. The van der Waals surface area contributed by atoms with E-state index in [9.17, 15) is 14.4 Å². The first-order valence-electron chi connectivity index (χ1n) is 8.79. The Labute approximate surface area is 148 Å². The first-order valence-corrected chi connectivity index (χ1v) is 8.79. The van der Waals surface area contributed by atoms with Crippen LogP contribution in [0.5, 0.6) is 5.75 Å². The molecule has 1 aliphatic heterocycles. The maximum Gasteiger partial charge on any atom is 0.328 e. The zero-order valence-corrected chi connectivity index (χ0v) is 14.8. The Morgan fingerprint density at radius 2 is 1.84 bits per heavy atom. The topological polar surface area (TPSA) is 72.9 Å². The van der Waals surface area contributed by atoms with Gasteiger partial charge in [-0.05, 0) is 50.5 Å². The lowest BCUT2D eigenvalue weighted by Crippen LogP contribution is -2.50. The van der Waals surface area contributed by atoms with E-state index in [-0.39, 0.29) is 24.3 Å². The van der Waals surface area contributed by atoms with E-state index < -0.39 is 6.04 Å². The molecule has 0 aliphatic carbocycles. The normalized spacial score (nSPS) is 17.0. The number of nitrogens with zero attached hydrogens (tertiary/aromatic N) is 1. The fraction of sp³-hybridized carbons (Fsp3) is 0.526. The third-order valence-corrected chi connectivity index (χ3v) is 4.24. The molecule has 0 spiro atoms. The van der Waals surface area contributed by atoms with Gasteiger partial charge >= 0.3 is 5.97 Å². The maximum atomic E-state index is 12.5. The summed E-state index contributed by atoms with van der Waals surface area (Å²) in [6.45, 7) is 4.26. The molecule has 2 rings (SSSR count). The van der Waals surface area contributed by atoms with Gasteiger partial charge in [0.15, 0.2) is 12.4 Å². The number of carbonyl (C=O) groups excluding carboxylic acids is 3. The zero-order valence-electron chi connectivity index (χ0n) is 14.8. The summed E-state index contributed by atoms with van der Waals surface area (Å²) in [6, 6.07) is 6.21. The molecule has 6 nitrogen and oxygen atoms in total. The number of hydrogen-bond donors (Lipinski definition) is 0. The highest BCUT2D eigenvalue weighted by atomic mass is 16.5. The fourth-order valence-corrected chi connectivity index (χ4v) is 2.88. The van der Waals surface area contributed by atoms with Gasteiger partial charge < -0.3 is 14.4 Å². The molecule has 0 radical (unpaired) electrons. The Morgan fingerprint density at radius 3 is 2.48 bits per heavy atom. The number of esters is 1. The lowest BCUT2D eigenvalue weighted by molar-refractivity contribution is -0.157. The van der Waals surface area contributed by atoms with Crippen LogP contribution in [0.1, 0.15) is 49.9 Å². The second-order valence-electron chi connectivity index (χ2n) is 5.94. The molecule has 1 saturated heterocycles. The molecule has 1 fully saturated rings. The molecule has 1 amide bonds. The lowest BCUT2D eigenvalue weighted by atomic mass is 10.0. The highest BCUT2D eigenvalue weighted by Gasteiger charge is 2.33. The summed E-state index contributed by atoms with van der Waals surface area (Å²) in [5.74, 6) is 0.00311. The number of Topliss-reactive ketones (excluding diaryl/α,β-unsaturated/α-hetero) is 1. The van der Waals surface area contributed by atoms with Gasteiger partial charge in [-0.2, -0.15) is 0 Å². The van der Waals surface area contributed by atoms with Crippen LogP contribution in [-0.4, -0.2) is 48.4 Å². The molecular weight excluding hydrogens is 322 g/mol. The van der Waals surface area contributed by atoms with Crippen LogP contribution in [0.2, 0.25) is 0 Å². The number of rotatable bonds is 7. The number of amides is 1. The minimum absolute atomic E-state index is 0.0632. The van der Waals surface area contributed by atoms with E-state index in [0.29, 0.717) is 37.3 Å². The van der Waals surface area contributed by atoms with Crippen LogP contribution in [0.15, 0.2) is 24.3 Å². The smallest absolute Gasteiger partial charge is 0.328 e. The Bertz CT molecular complexity index is 611. The molecule has 25 heavy (non-hydrogen) atoms. The Kier molecular flexibility index (Phi) is 6.98. The van der Waals surface area contributed by atoms with Gasteiger partial charge in [0.1, 0.15) is 11.8 Å². The minimum atomic E-state index is -0.519. The number of hydrogen-bond acceptors (Lipinski definition) is 5. The van der Waals surface area contributed by atoms with Crippen molar-refractivity contribution in [3.05, 3.63) is 29.8 Å². The minimum Gasteiger partial charge on any atom is -0.484 e. The van der Waals surface area contributed by atoms with Crippen LogP contribution in [0.3, 0.4) is 0 Å². The molecule has 0 aromatic heterocycles. The van der Waals surface area contributed by atoms with Crippen molar-refractivity contribution in [1.29, 1.82) is 0 Å². The molecule has 1 aliphatic rings. The number of piperidine rings is 1. The van der Waals surface area contributed by atoms with E-state index in [2.05, 4.69) is 0 Å². The van der Waals surface area contributed by atoms with Gasteiger partial charge in [-0.15, -0.1) is 0 Å². The highest BCUT2D eigenvalue weighted by Crippen LogP contribution is 2.19. The summed E-state index contributed by atoms with van der Waals surface area (Å²) < 4.78 is 10.6. The standard InChI is InChI=1S/C19H25NO5/c1-3-17(21)14-8-10-15(11-9-14)25-13-18(22)20-12-6-5-7-16(20)19(23)24-4-2/h8-11,16H,3-7,12-13H2,1-2H3/t16-/m0/s1. The van der Waals surface area contributed by atoms with Crippen molar-refractivity contribution in [1.82, 2.24) is 4.90 Å². The Hall–Kier alpha value is -2.37. The summed E-state index contributed by atoms with van der Waals surface area (Å²) in [5.41, 5.74) is 0.625. The summed E-state index contributed by atoms with van der Waals surface area (Å²) in [6.07, 6.45) is 2.85. The third-order valence-electron chi connectivity index (χ3n) is 4.24. The molecule has 1 aromatic carbocycles. The molecule has 0 N–H and O–H groups in total. The van der Waals surface area contributed by atoms with E-state index in [0.717, 1.165) is 12.8 Å². The predicted octanol–water partition coefficient (Wildman–Crippen LogP) is 2.60. The quantitative estimate of drug-likeness (QED) is 0.560. The number of benzene rings is 1. The average molecular weight is 347 g/mol. The molecule has 1 atom stereocenters. The van der Waals surface area contributed by atoms with Gasteiger partial charge in [-0.1, -0.05) is 6.92 Å². The molecule has 6 heteroatoms. The van der Waals surface area contributed by atoms with Gasteiger partial charge in [-0.25, -0.2) is 4.79 Å². The van der Waals surface area contributed by atoms with Gasteiger partial charge in [0.2, 0.25) is 0 Å². The van der Waals surface area contributed by atoms with Crippen LogP contribution in [-0.2, 0) is 14.3 Å². The first-order chi connectivity index (χ1) is 12.1. The number of carbonyl (C=O) groups is 3. The molecule has 1 heterocycles. The average Bonchev–Trinajstić information content (AvgIpc) is 2.66. The van der Waals surface area contributed by atoms with Crippen LogP contribution in [0.4, 0.5) is 0 Å². The third kappa shape index (κ3) is 5.05. The van der Waals surface area contributed by atoms with Gasteiger partial charge in [-0.3, -0.25) is 9.59 Å². The second-order valence-corrected chi connectivity index (χ2v) is 5.94. The lowest BCUT2D eigenvalue weighted by Gasteiger charge is -2.33. The van der Waals surface area contributed by atoms with E-state index in [1.54, 1.807) is 36.1 Å². The SMILES string of the molecule is CCOC(=O)[C@@H]1CCCCN1C(=O)COc1ccc(C(=O)CC)cc1. The summed E-state index contributed by atoms with van der Waals surface area (Å²) >= 11 is 0. The van der Waals surface area contributed by atoms with Gasteiger partial charge in [0.25, 0.3) is 5.91 Å². The number of ketones is 1. The van der Waals surface area contributed by atoms with Gasteiger partial charge in [0, 0.05) is 18.5 Å². The van der Waals surface area contributed by atoms with Crippen molar-refractivity contribution in [3.63, 3.8) is 0 Å². The maximum absolute atomic E-state index is 12.5. The molecule has 0 unspecified atom stereocenters. The first kappa shape index (κ1) is 19.0. The summed E-state index contributed by atoms with van der Waals surface area (Å²) in [4.78, 5) is 37.6. The highest BCUT2D eigenvalue weighted by molar-refractivity contribution is 5.95. The van der Waals surface area contributed by atoms with Crippen molar-refractivity contribution in [2.75, 3.05) is 19.8 Å². The van der Waals surface area contributed by atoms with E-state index in [1.165, 1.54) is 0 Å². The summed E-state index contributed by atoms with van der Waals surface area (Å²) in [5, 5.41) is 0. The molecule has 0 bridgehead atoms. The molecule has 136 valence electrons. The largest absolute Gasteiger partial charge is 0.484 e.